The highest BCUT2D eigenvalue weighted by Gasteiger charge is 2.10. The summed E-state index contributed by atoms with van der Waals surface area (Å²) >= 11 is 0. The van der Waals surface area contributed by atoms with Gasteiger partial charge in [-0.1, -0.05) is 42.0 Å². The maximum atomic E-state index is 10.3. The molecule has 17 heavy (non-hydrogen) atoms. The second kappa shape index (κ2) is 5.02. The average Bonchev–Trinajstić information content (AvgIpc) is 2.38. The molecule has 0 aromatic heterocycles. The summed E-state index contributed by atoms with van der Waals surface area (Å²) in [4.78, 5) is 0. The van der Waals surface area contributed by atoms with Gasteiger partial charge in [0.05, 0.1) is 7.11 Å². The van der Waals surface area contributed by atoms with E-state index < -0.39 is 6.10 Å². The summed E-state index contributed by atoms with van der Waals surface area (Å²) in [6.45, 7) is 2.02. The molecule has 0 aliphatic heterocycles. The lowest BCUT2D eigenvalue weighted by molar-refractivity contribution is 0.219. The van der Waals surface area contributed by atoms with E-state index in [1.807, 2.05) is 55.5 Å². The highest BCUT2D eigenvalue weighted by molar-refractivity contribution is 5.36. The van der Waals surface area contributed by atoms with Crippen molar-refractivity contribution in [2.45, 2.75) is 13.0 Å². The first-order valence-electron chi connectivity index (χ1n) is 5.59. The van der Waals surface area contributed by atoms with Gasteiger partial charge in [-0.05, 0) is 30.2 Å². The van der Waals surface area contributed by atoms with E-state index in [0.717, 1.165) is 22.4 Å². The van der Waals surface area contributed by atoms with E-state index in [-0.39, 0.29) is 0 Å². The predicted octanol–water partition coefficient (Wildman–Crippen LogP) is 3.09. The Balaban J connectivity index is 2.33. The van der Waals surface area contributed by atoms with Gasteiger partial charge in [0.15, 0.2) is 0 Å². The molecule has 0 spiro atoms. The Morgan fingerprint density at radius 2 is 1.65 bits per heavy atom. The Bertz CT molecular complexity index is 506. The molecule has 0 radical (unpaired) electrons. The van der Waals surface area contributed by atoms with Gasteiger partial charge in [0.2, 0.25) is 0 Å². The molecule has 88 valence electrons. The SMILES string of the molecule is COc1cccc([C@H](O)c2cccc(C)c2)c1. The van der Waals surface area contributed by atoms with Gasteiger partial charge < -0.3 is 9.84 Å². The Morgan fingerprint density at radius 1 is 1.00 bits per heavy atom. The third-order valence-corrected chi connectivity index (χ3v) is 2.77. The van der Waals surface area contributed by atoms with Crippen LogP contribution in [0.3, 0.4) is 0 Å². The summed E-state index contributed by atoms with van der Waals surface area (Å²) in [5, 5.41) is 10.3. The summed E-state index contributed by atoms with van der Waals surface area (Å²) < 4.78 is 5.15. The molecular weight excluding hydrogens is 212 g/mol. The third kappa shape index (κ3) is 2.66. The van der Waals surface area contributed by atoms with Crippen molar-refractivity contribution in [1.29, 1.82) is 0 Å². The van der Waals surface area contributed by atoms with Gasteiger partial charge in [0.25, 0.3) is 0 Å². The van der Waals surface area contributed by atoms with Crippen LogP contribution in [-0.2, 0) is 0 Å². The van der Waals surface area contributed by atoms with Crippen LogP contribution in [0.5, 0.6) is 5.75 Å². The second-order valence-electron chi connectivity index (χ2n) is 4.09. The number of hydrogen-bond donors (Lipinski definition) is 1. The first-order valence-corrected chi connectivity index (χ1v) is 5.59. The molecular formula is C15H16O2. The maximum absolute atomic E-state index is 10.3. The van der Waals surface area contributed by atoms with Crippen LogP contribution in [0.15, 0.2) is 48.5 Å². The van der Waals surface area contributed by atoms with E-state index >= 15 is 0 Å². The van der Waals surface area contributed by atoms with Crippen LogP contribution >= 0.6 is 0 Å². The highest BCUT2D eigenvalue weighted by atomic mass is 16.5. The number of rotatable bonds is 3. The van der Waals surface area contributed by atoms with Crippen LogP contribution in [0, 0.1) is 6.92 Å². The average molecular weight is 228 g/mol. The van der Waals surface area contributed by atoms with Crippen molar-refractivity contribution in [3.63, 3.8) is 0 Å². The van der Waals surface area contributed by atoms with E-state index in [1.165, 1.54) is 0 Å². The van der Waals surface area contributed by atoms with E-state index in [4.69, 9.17) is 4.74 Å². The van der Waals surface area contributed by atoms with Crippen LogP contribution in [0.25, 0.3) is 0 Å². The number of aryl methyl sites for hydroxylation is 1. The lowest BCUT2D eigenvalue weighted by atomic mass is 10.00. The minimum absolute atomic E-state index is 0.606. The number of hydrogen-bond acceptors (Lipinski definition) is 2. The summed E-state index contributed by atoms with van der Waals surface area (Å²) in [7, 11) is 1.62. The van der Waals surface area contributed by atoms with Gasteiger partial charge >= 0.3 is 0 Å². The van der Waals surface area contributed by atoms with Crippen LogP contribution in [0.4, 0.5) is 0 Å². The highest BCUT2D eigenvalue weighted by Crippen LogP contribution is 2.25. The quantitative estimate of drug-likeness (QED) is 0.874. The zero-order valence-corrected chi connectivity index (χ0v) is 10.1. The molecule has 0 saturated carbocycles. The molecule has 1 N–H and O–H groups in total. The molecule has 0 bridgehead atoms. The zero-order chi connectivity index (χ0) is 12.3. The molecule has 2 heteroatoms. The van der Waals surface area contributed by atoms with Crippen molar-refractivity contribution in [3.05, 3.63) is 65.2 Å². The molecule has 2 aromatic rings. The van der Waals surface area contributed by atoms with Gasteiger partial charge in [-0.3, -0.25) is 0 Å². The fraction of sp³-hybridized carbons (Fsp3) is 0.200. The molecule has 0 amide bonds. The van der Waals surface area contributed by atoms with E-state index in [1.54, 1.807) is 7.11 Å². The Kier molecular flexibility index (Phi) is 3.45. The summed E-state index contributed by atoms with van der Waals surface area (Å²) in [5.74, 6) is 0.759. The van der Waals surface area contributed by atoms with Crippen molar-refractivity contribution >= 4 is 0 Å². The smallest absolute Gasteiger partial charge is 0.119 e. The number of aliphatic hydroxyl groups excluding tert-OH is 1. The molecule has 0 fully saturated rings. The molecule has 0 unspecified atom stereocenters. The minimum atomic E-state index is -0.606. The number of aliphatic hydroxyl groups is 1. The molecule has 0 aliphatic carbocycles. The van der Waals surface area contributed by atoms with Crippen molar-refractivity contribution in [2.24, 2.45) is 0 Å². The number of ether oxygens (including phenoxy) is 1. The standard InChI is InChI=1S/C15H16O2/c1-11-5-3-6-12(9-11)15(16)13-7-4-8-14(10-13)17-2/h3-10,15-16H,1-2H3/t15-/m1/s1. The Morgan fingerprint density at radius 3 is 2.29 bits per heavy atom. The van der Waals surface area contributed by atoms with Gasteiger partial charge in [-0.25, -0.2) is 0 Å². The van der Waals surface area contributed by atoms with Crippen LogP contribution < -0.4 is 4.74 Å². The second-order valence-corrected chi connectivity index (χ2v) is 4.09. The zero-order valence-electron chi connectivity index (χ0n) is 10.1. The predicted molar refractivity (Wildman–Crippen MR) is 68.2 cm³/mol. The monoisotopic (exact) mass is 228 g/mol. The minimum Gasteiger partial charge on any atom is -0.497 e. The van der Waals surface area contributed by atoms with Gasteiger partial charge in [-0.2, -0.15) is 0 Å². The first-order chi connectivity index (χ1) is 8.20. The molecule has 0 aliphatic rings. The van der Waals surface area contributed by atoms with Crippen LogP contribution in [0.2, 0.25) is 0 Å². The van der Waals surface area contributed by atoms with Gasteiger partial charge in [0, 0.05) is 0 Å². The topological polar surface area (TPSA) is 29.5 Å². The van der Waals surface area contributed by atoms with Crippen LogP contribution in [0.1, 0.15) is 22.8 Å². The maximum Gasteiger partial charge on any atom is 0.119 e. The molecule has 2 rings (SSSR count). The fourth-order valence-electron chi connectivity index (χ4n) is 1.84. The number of methoxy groups -OCH3 is 1. The molecule has 1 atom stereocenters. The normalized spacial score (nSPS) is 12.2. The summed E-state index contributed by atoms with van der Waals surface area (Å²) in [6, 6.07) is 15.4. The lowest BCUT2D eigenvalue weighted by Crippen LogP contribution is -2.00. The Hall–Kier alpha value is -1.80. The van der Waals surface area contributed by atoms with Gasteiger partial charge in [0.1, 0.15) is 11.9 Å². The van der Waals surface area contributed by atoms with Crippen molar-refractivity contribution < 1.29 is 9.84 Å². The van der Waals surface area contributed by atoms with E-state index in [2.05, 4.69) is 0 Å². The largest absolute Gasteiger partial charge is 0.497 e. The lowest BCUT2D eigenvalue weighted by Gasteiger charge is -2.13. The van der Waals surface area contributed by atoms with Crippen LogP contribution in [-0.4, -0.2) is 12.2 Å². The molecule has 0 heterocycles. The van der Waals surface area contributed by atoms with E-state index in [9.17, 15) is 5.11 Å². The third-order valence-electron chi connectivity index (χ3n) is 2.77. The molecule has 0 saturated heterocycles. The van der Waals surface area contributed by atoms with Crippen molar-refractivity contribution in [3.8, 4) is 5.75 Å². The first kappa shape index (κ1) is 11.7. The fourth-order valence-corrected chi connectivity index (χ4v) is 1.84. The van der Waals surface area contributed by atoms with Gasteiger partial charge in [-0.15, -0.1) is 0 Å². The van der Waals surface area contributed by atoms with Crippen molar-refractivity contribution in [1.82, 2.24) is 0 Å². The summed E-state index contributed by atoms with van der Waals surface area (Å²) in [6.07, 6.45) is -0.606. The van der Waals surface area contributed by atoms with Crippen molar-refractivity contribution in [2.75, 3.05) is 7.11 Å². The summed E-state index contributed by atoms with van der Waals surface area (Å²) in [5.41, 5.74) is 2.89. The molecule has 2 nitrogen and oxygen atoms in total. The number of benzene rings is 2. The molecule has 2 aromatic carbocycles. The van der Waals surface area contributed by atoms with E-state index in [0.29, 0.717) is 0 Å². The Labute approximate surface area is 101 Å².